The number of nitrogens with zero attached hydrogens (tertiary/aromatic N) is 2. The first kappa shape index (κ1) is 10.1. The standard InChI is InChI=1S/C8H18N4O/c1-2-12(8(9)11-10)6-7-4-3-5-13-7/h7H,2-6,10H2,1H3,(H2,9,11). The lowest BCUT2D eigenvalue weighted by Gasteiger charge is -2.23. The molecule has 1 saturated heterocycles. The first-order chi connectivity index (χ1) is 6.27. The number of hydrazone groups is 1. The smallest absolute Gasteiger partial charge is 0.213 e. The van der Waals surface area contributed by atoms with Crippen LogP contribution >= 0.6 is 0 Å². The third kappa shape index (κ3) is 2.77. The second kappa shape index (κ2) is 4.91. The Labute approximate surface area is 78.7 Å². The van der Waals surface area contributed by atoms with E-state index >= 15 is 0 Å². The molecular formula is C8H18N4O. The molecule has 1 aliphatic heterocycles. The zero-order valence-corrected chi connectivity index (χ0v) is 8.07. The highest BCUT2D eigenvalue weighted by Gasteiger charge is 2.19. The van der Waals surface area contributed by atoms with Gasteiger partial charge in [0, 0.05) is 19.7 Å². The topological polar surface area (TPSA) is 76.9 Å². The van der Waals surface area contributed by atoms with Crippen LogP contribution in [0.15, 0.2) is 5.10 Å². The molecule has 0 amide bonds. The SMILES string of the molecule is CCN(CC1CCCO1)C(N)=NN. The van der Waals surface area contributed by atoms with Crippen LogP contribution in [0, 0.1) is 0 Å². The van der Waals surface area contributed by atoms with Crippen molar-refractivity contribution in [2.75, 3.05) is 19.7 Å². The molecular weight excluding hydrogens is 168 g/mol. The van der Waals surface area contributed by atoms with Crippen LogP contribution in [0.2, 0.25) is 0 Å². The lowest BCUT2D eigenvalue weighted by Crippen LogP contribution is -2.42. The maximum Gasteiger partial charge on any atom is 0.213 e. The quantitative estimate of drug-likeness (QED) is 0.274. The van der Waals surface area contributed by atoms with Crippen molar-refractivity contribution >= 4 is 5.96 Å². The molecule has 0 saturated carbocycles. The van der Waals surface area contributed by atoms with Gasteiger partial charge in [-0.15, -0.1) is 5.10 Å². The number of nitrogens with two attached hydrogens (primary N) is 2. The minimum atomic E-state index is 0.292. The Morgan fingerprint density at radius 1 is 1.69 bits per heavy atom. The van der Waals surface area contributed by atoms with Crippen molar-refractivity contribution in [1.29, 1.82) is 0 Å². The molecule has 0 aromatic heterocycles. The van der Waals surface area contributed by atoms with Gasteiger partial charge in [0.25, 0.3) is 0 Å². The molecule has 0 aromatic carbocycles. The molecule has 0 bridgehead atoms. The Kier molecular flexibility index (Phi) is 3.82. The Balaban J connectivity index is 2.38. The van der Waals surface area contributed by atoms with Crippen LogP contribution in [0.25, 0.3) is 0 Å². The molecule has 1 heterocycles. The summed E-state index contributed by atoms with van der Waals surface area (Å²) in [5.41, 5.74) is 5.60. The Bertz CT molecular complexity index is 177. The van der Waals surface area contributed by atoms with Crippen LogP contribution in [0.4, 0.5) is 0 Å². The lowest BCUT2D eigenvalue weighted by molar-refractivity contribution is 0.0920. The molecule has 4 N–H and O–H groups in total. The zero-order valence-electron chi connectivity index (χ0n) is 8.07. The van der Waals surface area contributed by atoms with Gasteiger partial charge in [-0.25, -0.2) is 0 Å². The number of ether oxygens (including phenoxy) is 1. The van der Waals surface area contributed by atoms with Gasteiger partial charge in [0.1, 0.15) is 0 Å². The predicted molar refractivity (Wildman–Crippen MR) is 52.0 cm³/mol. The van der Waals surface area contributed by atoms with E-state index in [1.54, 1.807) is 0 Å². The zero-order chi connectivity index (χ0) is 9.68. The van der Waals surface area contributed by atoms with Gasteiger partial charge in [0.15, 0.2) is 0 Å². The van der Waals surface area contributed by atoms with Crippen molar-refractivity contribution < 1.29 is 4.74 Å². The van der Waals surface area contributed by atoms with Crippen LogP contribution in [-0.4, -0.2) is 36.7 Å². The number of guanidine groups is 1. The van der Waals surface area contributed by atoms with Gasteiger partial charge in [-0.2, -0.15) is 0 Å². The maximum absolute atomic E-state index is 5.60. The summed E-state index contributed by atoms with van der Waals surface area (Å²) in [5.74, 6) is 5.49. The fourth-order valence-corrected chi connectivity index (χ4v) is 1.50. The molecule has 1 atom stereocenters. The lowest BCUT2D eigenvalue weighted by atomic mass is 10.2. The average Bonchev–Trinajstić information content (AvgIpc) is 2.65. The molecule has 0 spiro atoms. The minimum absolute atomic E-state index is 0.292. The molecule has 76 valence electrons. The van der Waals surface area contributed by atoms with Crippen LogP contribution in [0.1, 0.15) is 19.8 Å². The maximum atomic E-state index is 5.60. The minimum Gasteiger partial charge on any atom is -0.376 e. The van der Waals surface area contributed by atoms with E-state index in [0.717, 1.165) is 32.5 Å². The summed E-state index contributed by atoms with van der Waals surface area (Å²) in [7, 11) is 0. The molecule has 1 fully saturated rings. The first-order valence-corrected chi connectivity index (χ1v) is 4.67. The Hall–Kier alpha value is -0.970. The van der Waals surface area contributed by atoms with Crippen molar-refractivity contribution in [2.45, 2.75) is 25.9 Å². The number of hydrogen-bond acceptors (Lipinski definition) is 3. The van der Waals surface area contributed by atoms with E-state index in [9.17, 15) is 0 Å². The van der Waals surface area contributed by atoms with Gasteiger partial charge < -0.3 is 21.2 Å². The molecule has 5 nitrogen and oxygen atoms in total. The van der Waals surface area contributed by atoms with Crippen LogP contribution in [0.3, 0.4) is 0 Å². The fraction of sp³-hybridized carbons (Fsp3) is 0.875. The fourth-order valence-electron chi connectivity index (χ4n) is 1.50. The summed E-state index contributed by atoms with van der Waals surface area (Å²) >= 11 is 0. The summed E-state index contributed by atoms with van der Waals surface area (Å²) in [6.07, 6.45) is 2.54. The van der Waals surface area contributed by atoms with Gasteiger partial charge in [-0.1, -0.05) is 0 Å². The molecule has 0 aliphatic carbocycles. The van der Waals surface area contributed by atoms with Crippen molar-refractivity contribution in [1.82, 2.24) is 4.90 Å². The van der Waals surface area contributed by atoms with Crippen molar-refractivity contribution in [2.24, 2.45) is 16.7 Å². The monoisotopic (exact) mass is 186 g/mol. The van der Waals surface area contributed by atoms with Gasteiger partial charge in [0.05, 0.1) is 6.10 Å². The van der Waals surface area contributed by atoms with Gasteiger partial charge in [-0.05, 0) is 19.8 Å². The number of rotatable bonds is 3. The highest BCUT2D eigenvalue weighted by atomic mass is 16.5. The molecule has 5 heteroatoms. The second-order valence-electron chi connectivity index (χ2n) is 3.16. The highest BCUT2D eigenvalue weighted by Crippen LogP contribution is 2.12. The molecule has 0 aromatic rings. The second-order valence-corrected chi connectivity index (χ2v) is 3.16. The van der Waals surface area contributed by atoms with Crippen molar-refractivity contribution in [3.63, 3.8) is 0 Å². The van der Waals surface area contributed by atoms with Gasteiger partial charge >= 0.3 is 0 Å². The third-order valence-corrected chi connectivity index (χ3v) is 2.29. The van der Waals surface area contributed by atoms with Crippen LogP contribution < -0.4 is 11.6 Å². The predicted octanol–water partition coefficient (Wildman–Crippen LogP) is -0.324. The van der Waals surface area contributed by atoms with Gasteiger partial charge in [0.2, 0.25) is 5.96 Å². The number of likely N-dealkylation sites (N-methyl/N-ethyl adjacent to an activating group) is 1. The van der Waals surface area contributed by atoms with Crippen molar-refractivity contribution in [3.05, 3.63) is 0 Å². The van der Waals surface area contributed by atoms with E-state index in [1.807, 2.05) is 11.8 Å². The summed E-state index contributed by atoms with van der Waals surface area (Å²) in [6.45, 7) is 4.49. The van der Waals surface area contributed by atoms with E-state index in [-0.39, 0.29) is 0 Å². The Morgan fingerprint density at radius 3 is 2.92 bits per heavy atom. The summed E-state index contributed by atoms with van der Waals surface area (Å²) < 4.78 is 5.49. The summed E-state index contributed by atoms with van der Waals surface area (Å²) in [4.78, 5) is 1.93. The molecule has 0 radical (unpaired) electrons. The van der Waals surface area contributed by atoms with Crippen LogP contribution in [-0.2, 0) is 4.74 Å². The largest absolute Gasteiger partial charge is 0.376 e. The average molecular weight is 186 g/mol. The van der Waals surface area contributed by atoms with E-state index in [4.69, 9.17) is 16.3 Å². The van der Waals surface area contributed by atoms with E-state index in [2.05, 4.69) is 5.10 Å². The van der Waals surface area contributed by atoms with E-state index < -0.39 is 0 Å². The normalized spacial score (nSPS) is 23.5. The van der Waals surface area contributed by atoms with Crippen molar-refractivity contribution in [3.8, 4) is 0 Å². The molecule has 1 aliphatic rings. The van der Waals surface area contributed by atoms with Crippen LogP contribution in [0.5, 0.6) is 0 Å². The van der Waals surface area contributed by atoms with E-state index in [0.29, 0.717) is 12.1 Å². The Morgan fingerprint density at radius 2 is 2.46 bits per heavy atom. The van der Waals surface area contributed by atoms with E-state index in [1.165, 1.54) is 0 Å². The number of hydrogen-bond donors (Lipinski definition) is 2. The first-order valence-electron chi connectivity index (χ1n) is 4.67. The summed E-state index contributed by atoms with van der Waals surface area (Å²) in [5, 5.41) is 3.47. The third-order valence-electron chi connectivity index (χ3n) is 2.29. The highest BCUT2D eigenvalue weighted by molar-refractivity contribution is 5.77. The molecule has 13 heavy (non-hydrogen) atoms. The molecule has 1 unspecified atom stereocenters. The molecule has 1 rings (SSSR count). The summed E-state index contributed by atoms with van der Waals surface area (Å²) in [6, 6.07) is 0. The van der Waals surface area contributed by atoms with Gasteiger partial charge in [-0.3, -0.25) is 0 Å².